The van der Waals surface area contributed by atoms with Crippen LogP contribution < -0.4 is 5.84 Å². The Labute approximate surface area is 192 Å². The molecule has 1 aliphatic carbocycles. The smallest absolute Gasteiger partial charge is 0.249 e. The van der Waals surface area contributed by atoms with Gasteiger partial charge in [0.25, 0.3) is 0 Å². The van der Waals surface area contributed by atoms with Crippen LogP contribution in [0.4, 0.5) is 0 Å². The number of hydrogen-bond acceptors (Lipinski definition) is 4. The van der Waals surface area contributed by atoms with Gasteiger partial charge in [0.1, 0.15) is 6.61 Å². The number of halogens is 2. The minimum atomic E-state index is -0.0165. The largest absolute Gasteiger partial charge is 0.375 e. The van der Waals surface area contributed by atoms with Crippen molar-refractivity contribution in [1.29, 1.82) is 0 Å². The number of allylic oxidation sites excluding steroid dienone is 4. The third-order valence-electron chi connectivity index (χ3n) is 6.20. The van der Waals surface area contributed by atoms with E-state index in [0.717, 1.165) is 64.7 Å². The minimum absolute atomic E-state index is 0.0165. The zero-order chi connectivity index (χ0) is 22.3. The zero-order valence-corrected chi connectivity index (χ0v) is 19.6. The first kappa shape index (κ1) is 22.2. The molecule has 166 valence electrons. The Balaban J connectivity index is 1.90. The molecule has 1 aliphatic heterocycles. The molecule has 6 nitrogen and oxygen atoms in total. The van der Waals surface area contributed by atoms with Crippen LogP contribution in [0.1, 0.15) is 43.0 Å². The number of rotatable bonds is 4. The van der Waals surface area contributed by atoms with Gasteiger partial charge in [0.15, 0.2) is 0 Å². The summed E-state index contributed by atoms with van der Waals surface area (Å²) in [7, 11) is 3.40. The van der Waals surface area contributed by atoms with Crippen LogP contribution in [-0.4, -0.2) is 47.6 Å². The number of nitrogens with zero attached hydrogens (tertiary/aromatic N) is 2. The van der Waals surface area contributed by atoms with Crippen LogP contribution in [0.3, 0.4) is 0 Å². The average Bonchev–Trinajstić information content (AvgIpc) is 2.91. The Morgan fingerprint density at radius 2 is 2.19 bits per heavy atom. The predicted molar refractivity (Wildman–Crippen MR) is 126 cm³/mol. The molecule has 31 heavy (non-hydrogen) atoms. The molecule has 0 fully saturated rings. The number of aromatic nitrogens is 1. The number of fused-ring (bicyclic) bond motifs is 3. The van der Waals surface area contributed by atoms with Gasteiger partial charge in [0.2, 0.25) is 5.91 Å². The van der Waals surface area contributed by atoms with E-state index < -0.39 is 0 Å². The van der Waals surface area contributed by atoms with Gasteiger partial charge in [0, 0.05) is 55.5 Å². The molecule has 1 atom stereocenters. The highest BCUT2D eigenvalue weighted by Gasteiger charge is 2.31. The maximum atomic E-state index is 12.7. The van der Waals surface area contributed by atoms with E-state index in [1.54, 1.807) is 12.1 Å². The summed E-state index contributed by atoms with van der Waals surface area (Å²) in [6.45, 7) is 2.63. The fraction of sp³-hybridized carbons (Fsp3) is 0.435. The Bertz CT molecular complexity index is 1090. The second-order valence-electron chi connectivity index (χ2n) is 8.36. The summed E-state index contributed by atoms with van der Waals surface area (Å²) in [5.41, 5.74) is 6.16. The summed E-state index contributed by atoms with van der Waals surface area (Å²) in [6.07, 6.45) is 7.98. The van der Waals surface area contributed by atoms with Crippen LogP contribution >= 0.6 is 23.2 Å². The first-order valence-corrected chi connectivity index (χ1v) is 11.3. The van der Waals surface area contributed by atoms with E-state index in [1.807, 2.05) is 18.0 Å². The predicted octanol–water partition coefficient (Wildman–Crippen LogP) is 4.65. The molecule has 0 unspecified atom stereocenters. The Hall–Kier alpha value is -1.99. The molecular weight excluding hydrogens is 435 g/mol. The average molecular weight is 463 g/mol. The molecule has 0 saturated heterocycles. The van der Waals surface area contributed by atoms with Gasteiger partial charge in [-0.1, -0.05) is 29.3 Å². The number of aromatic amines is 1. The van der Waals surface area contributed by atoms with Gasteiger partial charge in [-0.3, -0.25) is 4.79 Å². The number of nitrogens with two attached hydrogens (primary N) is 1. The molecule has 2 aromatic rings. The van der Waals surface area contributed by atoms with E-state index in [-0.39, 0.29) is 18.6 Å². The lowest BCUT2D eigenvalue weighted by molar-refractivity contribution is -0.138. The first-order chi connectivity index (χ1) is 14.8. The van der Waals surface area contributed by atoms with Crippen molar-refractivity contribution in [2.75, 3.05) is 20.8 Å². The molecule has 1 aromatic carbocycles. The quantitative estimate of drug-likeness (QED) is 0.511. The van der Waals surface area contributed by atoms with Crippen molar-refractivity contribution in [3.8, 4) is 0 Å². The van der Waals surface area contributed by atoms with Crippen molar-refractivity contribution < 1.29 is 9.53 Å². The molecular formula is C23H28Cl2N4O2. The van der Waals surface area contributed by atoms with E-state index in [1.165, 1.54) is 0 Å². The third kappa shape index (κ3) is 4.10. The number of nitrogens with one attached hydrogen (secondary N) is 1. The van der Waals surface area contributed by atoms with Crippen LogP contribution in [-0.2, 0) is 22.5 Å². The number of hydrogen-bond donors (Lipinski definition) is 2. The molecule has 0 spiro atoms. The van der Waals surface area contributed by atoms with E-state index in [4.69, 9.17) is 33.8 Å². The molecule has 0 bridgehead atoms. The summed E-state index contributed by atoms with van der Waals surface area (Å²) in [4.78, 5) is 18.0. The molecule has 1 amide bonds. The second kappa shape index (κ2) is 8.87. The van der Waals surface area contributed by atoms with Crippen LogP contribution in [0, 0.1) is 0 Å². The van der Waals surface area contributed by atoms with Gasteiger partial charge in [-0.2, -0.15) is 0 Å². The van der Waals surface area contributed by atoms with Crippen molar-refractivity contribution >= 4 is 45.6 Å². The molecule has 2 heterocycles. The third-order valence-corrected chi connectivity index (χ3v) is 6.98. The molecule has 4 rings (SSSR count). The fourth-order valence-electron chi connectivity index (χ4n) is 4.60. The minimum Gasteiger partial charge on any atom is -0.375 e. The van der Waals surface area contributed by atoms with Crippen molar-refractivity contribution in [3.63, 3.8) is 0 Å². The number of ether oxygens (including phenoxy) is 1. The lowest BCUT2D eigenvalue weighted by atomic mass is 9.93. The van der Waals surface area contributed by atoms with Crippen molar-refractivity contribution in [2.45, 2.75) is 45.2 Å². The lowest BCUT2D eigenvalue weighted by Gasteiger charge is -2.33. The Kier molecular flexibility index (Phi) is 6.35. The van der Waals surface area contributed by atoms with Gasteiger partial charge < -0.3 is 19.6 Å². The highest BCUT2D eigenvalue weighted by atomic mass is 35.5. The molecule has 0 radical (unpaired) electrons. The van der Waals surface area contributed by atoms with Crippen LogP contribution in [0.15, 0.2) is 23.9 Å². The molecule has 0 saturated carbocycles. The number of H-pyrrole nitrogens is 1. The summed E-state index contributed by atoms with van der Waals surface area (Å²) in [6, 6.07) is 2.00. The molecule has 1 aromatic heterocycles. The highest BCUT2D eigenvalue weighted by Crippen LogP contribution is 2.42. The van der Waals surface area contributed by atoms with Gasteiger partial charge in [-0.25, -0.2) is 5.84 Å². The first-order valence-electron chi connectivity index (χ1n) is 10.5. The van der Waals surface area contributed by atoms with Crippen molar-refractivity contribution in [2.24, 2.45) is 5.84 Å². The van der Waals surface area contributed by atoms with E-state index in [0.29, 0.717) is 16.6 Å². The number of amides is 1. The van der Waals surface area contributed by atoms with E-state index in [2.05, 4.69) is 24.1 Å². The molecule has 8 heteroatoms. The number of carbonyl (C=O) groups is 1. The van der Waals surface area contributed by atoms with E-state index in [9.17, 15) is 4.79 Å². The lowest BCUT2D eigenvalue weighted by Crippen LogP contribution is -2.44. The van der Waals surface area contributed by atoms with Crippen LogP contribution in [0.5, 0.6) is 0 Å². The molecule has 3 N–H and O–H groups in total. The monoisotopic (exact) mass is 462 g/mol. The number of carbonyl (C=O) groups excluding carboxylic acids is 1. The summed E-state index contributed by atoms with van der Waals surface area (Å²) >= 11 is 13.2. The standard InChI is InChI=1S/C23H28Cl2N4O2/c1-13-8-19-17(11-29(13)20(30)12-31-3)21-16(10-18(24)22(25)23(21)27-19)14-6-4-5-7-15(9-14)28(2)26/h6,9-10,13,27H,4-5,7-8,11-12,26H2,1-3H3/t13-/m0/s1. The summed E-state index contributed by atoms with van der Waals surface area (Å²) < 4.78 is 5.09. The van der Waals surface area contributed by atoms with Crippen LogP contribution in [0.25, 0.3) is 16.5 Å². The maximum Gasteiger partial charge on any atom is 0.249 e. The topological polar surface area (TPSA) is 74.6 Å². The molecule has 2 aliphatic rings. The number of methoxy groups -OCH3 is 1. The maximum absolute atomic E-state index is 12.7. The highest BCUT2D eigenvalue weighted by molar-refractivity contribution is 6.45. The fourth-order valence-corrected chi connectivity index (χ4v) is 5.00. The van der Waals surface area contributed by atoms with Gasteiger partial charge in [-0.15, -0.1) is 0 Å². The zero-order valence-electron chi connectivity index (χ0n) is 18.1. The normalized spacial score (nSPS) is 19.0. The Morgan fingerprint density at radius 3 is 2.90 bits per heavy atom. The number of benzene rings is 1. The van der Waals surface area contributed by atoms with Gasteiger partial charge >= 0.3 is 0 Å². The summed E-state index contributed by atoms with van der Waals surface area (Å²) in [5.74, 6) is 6.04. The van der Waals surface area contributed by atoms with Crippen molar-refractivity contribution in [3.05, 3.63) is 50.8 Å². The SMILES string of the molecule is COCC(=O)N1Cc2c([nH]c3c(Cl)c(Cl)cc(C4=CCCCC(N(C)N)=C4)c23)C[C@@H]1C. The second-order valence-corrected chi connectivity index (χ2v) is 9.14. The Morgan fingerprint density at radius 1 is 1.42 bits per heavy atom. The van der Waals surface area contributed by atoms with Gasteiger partial charge in [0.05, 0.1) is 15.6 Å². The summed E-state index contributed by atoms with van der Waals surface area (Å²) in [5, 5.41) is 3.71. The number of hydrazine groups is 1. The van der Waals surface area contributed by atoms with E-state index >= 15 is 0 Å². The van der Waals surface area contributed by atoms with Crippen LogP contribution in [0.2, 0.25) is 10.0 Å². The van der Waals surface area contributed by atoms with Crippen molar-refractivity contribution in [1.82, 2.24) is 14.9 Å². The van der Waals surface area contributed by atoms with Gasteiger partial charge in [-0.05, 0) is 49.5 Å².